The standard InChI is InChI=1S/C18H21ClFN/c1-4-7-21-11-14-10-15(19)5-6-17(14)18-12(2)8-16(20)9-13(18)3/h5-6,8-10,21H,4,7,11H2,1-3H3. The highest BCUT2D eigenvalue weighted by atomic mass is 35.5. The van der Waals surface area contributed by atoms with E-state index in [0.717, 1.165) is 52.4 Å². The van der Waals surface area contributed by atoms with Crippen LogP contribution in [0, 0.1) is 19.7 Å². The number of aryl methyl sites for hydroxylation is 2. The SMILES string of the molecule is CCCNCc1cc(Cl)ccc1-c1c(C)cc(F)cc1C. The van der Waals surface area contributed by atoms with Crippen LogP contribution >= 0.6 is 11.6 Å². The van der Waals surface area contributed by atoms with E-state index >= 15 is 0 Å². The molecule has 0 bridgehead atoms. The Bertz CT molecular complexity index is 614. The van der Waals surface area contributed by atoms with E-state index in [9.17, 15) is 4.39 Å². The molecule has 1 nitrogen and oxygen atoms in total. The van der Waals surface area contributed by atoms with E-state index in [2.05, 4.69) is 12.2 Å². The van der Waals surface area contributed by atoms with E-state index in [1.54, 1.807) is 12.1 Å². The smallest absolute Gasteiger partial charge is 0.123 e. The van der Waals surface area contributed by atoms with E-state index in [4.69, 9.17) is 11.6 Å². The van der Waals surface area contributed by atoms with Crippen molar-refractivity contribution < 1.29 is 4.39 Å². The second-order valence-electron chi connectivity index (χ2n) is 5.39. The highest BCUT2D eigenvalue weighted by Gasteiger charge is 2.12. The van der Waals surface area contributed by atoms with Crippen LogP contribution < -0.4 is 5.32 Å². The fourth-order valence-corrected chi connectivity index (χ4v) is 2.88. The van der Waals surface area contributed by atoms with Crippen LogP contribution in [0.4, 0.5) is 4.39 Å². The van der Waals surface area contributed by atoms with Crippen molar-refractivity contribution in [2.75, 3.05) is 6.54 Å². The van der Waals surface area contributed by atoms with Crippen molar-refractivity contribution in [3.05, 3.63) is 57.9 Å². The molecule has 0 unspecified atom stereocenters. The van der Waals surface area contributed by atoms with E-state index in [1.807, 2.05) is 32.0 Å². The molecular weight excluding hydrogens is 285 g/mol. The Labute approximate surface area is 131 Å². The third-order valence-corrected chi connectivity index (χ3v) is 3.81. The molecule has 0 aliphatic rings. The maximum atomic E-state index is 13.5. The van der Waals surface area contributed by atoms with Crippen LogP contribution in [0.5, 0.6) is 0 Å². The molecule has 0 aromatic heterocycles. The van der Waals surface area contributed by atoms with Crippen molar-refractivity contribution in [1.82, 2.24) is 5.32 Å². The lowest BCUT2D eigenvalue weighted by Crippen LogP contribution is -2.14. The molecule has 0 atom stereocenters. The Morgan fingerprint density at radius 1 is 1.10 bits per heavy atom. The molecule has 21 heavy (non-hydrogen) atoms. The molecule has 0 heterocycles. The molecule has 0 spiro atoms. The van der Waals surface area contributed by atoms with Crippen molar-refractivity contribution in [3.63, 3.8) is 0 Å². The Kier molecular flexibility index (Phi) is 5.38. The molecule has 2 rings (SSSR count). The molecule has 0 saturated carbocycles. The lowest BCUT2D eigenvalue weighted by molar-refractivity contribution is 0.625. The summed E-state index contributed by atoms with van der Waals surface area (Å²) in [4.78, 5) is 0. The van der Waals surface area contributed by atoms with Gasteiger partial charge in [-0.25, -0.2) is 4.39 Å². The van der Waals surface area contributed by atoms with Crippen LogP contribution in [0.15, 0.2) is 30.3 Å². The topological polar surface area (TPSA) is 12.0 Å². The summed E-state index contributed by atoms with van der Waals surface area (Å²) in [6.07, 6.45) is 1.09. The fourth-order valence-electron chi connectivity index (χ4n) is 2.69. The van der Waals surface area contributed by atoms with E-state index in [1.165, 1.54) is 0 Å². The van der Waals surface area contributed by atoms with Crippen LogP contribution in [-0.4, -0.2) is 6.54 Å². The summed E-state index contributed by atoms with van der Waals surface area (Å²) in [5, 5.41) is 4.13. The summed E-state index contributed by atoms with van der Waals surface area (Å²) in [7, 11) is 0. The fraction of sp³-hybridized carbons (Fsp3) is 0.333. The lowest BCUT2D eigenvalue weighted by Gasteiger charge is -2.16. The van der Waals surface area contributed by atoms with Crippen molar-refractivity contribution in [2.45, 2.75) is 33.7 Å². The Morgan fingerprint density at radius 3 is 2.38 bits per heavy atom. The molecule has 0 saturated heterocycles. The largest absolute Gasteiger partial charge is 0.313 e. The van der Waals surface area contributed by atoms with E-state index in [0.29, 0.717) is 0 Å². The van der Waals surface area contributed by atoms with Crippen molar-refractivity contribution in [3.8, 4) is 11.1 Å². The van der Waals surface area contributed by atoms with Crippen LogP contribution in [0.25, 0.3) is 11.1 Å². The zero-order valence-electron chi connectivity index (χ0n) is 12.8. The average Bonchev–Trinajstić information content (AvgIpc) is 2.40. The van der Waals surface area contributed by atoms with Gasteiger partial charge in [-0.3, -0.25) is 0 Å². The predicted molar refractivity (Wildman–Crippen MR) is 88.3 cm³/mol. The number of nitrogens with one attached hydrogen (secondary N) is 1. The van der Waals surface area contributed by atoms with Gasteiger partial charge in [0.25, 0.3) is 0 Å². The van der Waals surface area contributed by atoms with Crippen molar-refractivity contribution >= 4 is 11.6 Å². The molecule has 0 aliphatic carbocycles. The number of rotatable bonds is 5. The first kappa shape index (κ1) is 16.0. The molecule has 0 fully saturated rings. The van der Waals surface area contributed by atoms with Gasteiger partial charge in [-0.1, -0.05) is 24.6 Å². The number of benzene rings is 2. The van der Waals surface area contributed by atoms with Gasteiger partial charge in [0.2, 0.25) is 0 Å². The maximum Gasteiger partial charge on any atom is 0.123 e. The lowest BCUT2D eigenvalue weighted by atomic mass is 9.92. The molecular formula is C18H21ClFN. The molecule has 1 N–H and O–H groups in total. The average molecular weight is 306 g/mol. The maximum absolute atomic E-state index is 13.5. The Balaban J connectivity index is 2.48. The molecule has 0 aliphatic heterocycles. The first-order chi connectivity index (χ1) is 10.0. The molecule has 2 aromatic carbocycles. The third-order valence-electron chi connectivity index (χ3n) is 3.58. The van der Waals surface area contributed by atoms with Gasteiger partial charge in [-0.05, 0) is 78.9 Å². The van der Waals surface area contributed by atoms with Crippen molar-refractivity contribution in [2.24, 2.45) is 0 Å². The normalized spacial score (nSPS) is 10.9. The molecule has 0 radical (unpaired) electrons. The highest BCUT2D eigenvalue weighted by Crippen LogP contribution is 2.32. The number of hydrogen-bond donors (Lipinski definition) is 1. The Morgan fingerprint density at radius 2 is 1.76 bits per heavy atom. The van der Waals surface area contributed by atoms with Gasteiger partial charge in [-0.2, -0.15) is 0 Å². The minimum Gasteiger partial charge on any atom is -0.313 e. The second kappa shape index (κ2) is 7.06. The number of hydrogen-bond acceptors (Lipinski definition) is 1. The quantitative estimate of drug-likeness (QED) is 0.743. The van der Waals surface area contributed by atoms with Crippen LogP contribution in [0.1, 0.15) is 30.0 Å². The molecule has 2 aromatic rings. The zero-order valence-corrected chi connectivity index (χ0v) is 13.5. The molecule has 3 heteroatoms. The minimum absolute atomic E-state index is 0.187. The van der Waals surface area contributed by atoms with Gasteiger partial charge in [-0.15, -0.1) is 0 Å². The van der Waals surface area contributed by atoms with Crippen LogP contribution in [0.3, 0.4) is 0 Å². The zero-order chi connectivity index (χ0) is 15.4. The van der Waals surface area contributed by atoms with Gasteiger partial charge < -0.3 is 5.32 Å². The van der Waals surface area contributed by atoms with E-state index < -0.39 is 0 Å². The van der Waals surface area contributed by atoms with Gasteiger partial charge in [0.15, 0.2) is 0 Å². The van der Waals surface area contributed by atoms with E-state index in [-0.39, 0.29) is 5.82 Å². The third kappa shape index (κ3) is 3.84. The summed E-state index contributed by atoms with van der Waals surface area (Å²) >= 11 is 6.13. The van der Waals surface area contributed by atoms with Crippen LogP contribution in [-0.2, 0) is 6.54 Å². The number of halogens is 2. The summed E-state index contributed by atoms with van der Waals surface area (Å²) in [6, 6.07) is 9.07. The Hall–Kier alpha value is -1.38. The first-order valence-corrected chi connectivity index (χ1v) is 7.67. The summed E-state index contributed by atoms with van der Waals surface area (Å²) < 4.78 is 13.5. The van der Waals surface area contributed by atoms with Gasteiger partial charge >= 0.3 is 0 Å². The minimum atomic E-state index is -0.187. The molecule has 112 valence electrons. The van der Waals surface area contributed by atoms with Crippen molar-refractivity contribution in [1.29, 1.82) is 0 Å². The highest BCUT2D eigenvalue weighted by molar-refractivity contribution is 6.30. The second-order valence-corrected chi connectivity index (χ2v) is 5.83. The summed E-state index contributed by atoms with van der Waals surface area (Å²) in [5.74, 6) is -0.187. The molecule has 0 amide bonds. The van der Waals surface area contributed by atoms with Gasteiger partial charge in [0.05, 0.1) is 0 Å². The predicted octanol–water partition coefficient (Wildman–Crippen LogP) is 5.26. The first-order valence-electron chi connectivity index (χ1n) is 7.29. The van der Waals surface area contributed by atoms with Gasteiger partial charge in [0, 0.05) is 11.6 Å². The summed E-state index contributed by atoms with van der Waals surface area (Å²) in [6.45, 7) is 7.76. The summed E-state index contributed by atoms with van der Waals surface area (Å²) in [5.41, 5.74) is 5.27. The van der Waals surface area contributed by atoms with Crippen LogP contribution in [0.2, 0.25) is 5.02 Å². The van der Waals surface area contributed by atoms with Gasteiger partial charge in [0.1, 0.15) is 5.82 Å². The monoisotopic (exact) mass is 305 g/mol.